The van der Waals surface area contributed by atoms with Crippen molar-refractivity contribution in [2.75, 3.05) is 6.61 Å². The zero-order valence-electron chi connectivity index (χ0n) is 16.2. The third-order valence-corrected chi connectivity index (χ3v) is 6.10. The summed E-state index contributed by atoms with van der Waals surface area (Å²) >= 11 is 18.7. The number of alkyl halides is 4. The molecule has 11 heteroatoms. The first kappa shape index (κ1) is 23.9. The maximum absolute atomic E-state index is 14.2. The third-order valence-electron chi connectivity index (χ3n) is 5.04. The molecule has 1 aliphatic heterocycles. The van der Waals surface area contributed by atoms with Crippen molar-refractivity contribution in [3.05, 3.63) is 58.1 Å². The summed E-state index contributed by atoms with van der Waals surface area (Å²) in [6.07, 6.45) is 1.52. The summed E-state index contributed by atoms with van der Waals surface area (Å²) in [4.78, 5) is 19.7. The van der Waals surface area contributed by atoms with Gasteiger partial charge in [-0.3, -0.25) is 9.63 Å². The van der Waals surface area contributed by atoms with Gasteiger partial charge in [-0.1, -0.05) is 52.7 Å². The molecule has 1 aromatic rings. The van der Waals surface area contributed by atoms with Crippen LogP contribution in [0.15, 0.2) is 47.7 Å². The molecule has 0 spiro atoms. The number of nitrogens with zero attached hydrogens (tertiary/aromatic N) is 1. The lowest BCUT2D eigenvalue weighted by atomic mass is 9.77. The molecular formula is C20H18Cl3F3N2O3. The molecule has 3 atom stereocenters. The molecule has 3 unspecified atom stereocenters. The van der Waals surface area contributed by atoms with Crippen LogP contribution >= 0.6 is 34.8 Å². The number of nitrogens with one attached hydrogen (secondary N) is 1. The van der Waals surface area contributed by atoms with Crippen LogP contribution in [-0.4, -0.2) is 29.3 Å². The van der Waals surface area contributed by atoms with Crippen molar-refractivity contribution in [2.24, 2.45) is 11.1 Å². The van der Waals surface area contributed by atoms with Gasteiger partial charge in [0, 0.05) is 34.9 Å². The van der Waals surface area contributed by atoms with Crippen molar-refractivity contribution < 1.29 is 27.6 Å². The first-order valence-electron chi connectivity index (χ1n) is 9.20. The quantitative estimate of drug-likeness (QED) is 0.311. The minimum atomic E-state index is -4.82. The molecule has 5 nitrogen and oxygen atoms in total. The normalized spacial score (nSPS) is 27.7. The molecular weight excluding hydrogens is 480 g/mol. The smallest absolute Gasteiger partial charge is 0.374 e. The third kappa shape index (κ3) is 4.87. The minimum Gasteiger partial charge on any atom is -0.374 e. The van der Waals surface area contributed by atoms with Gasteiger partial charge in [-0.05, 0) is 24.6 Å². The molecule has 0 saturated carbocycles. The number of halogens is 6. The zero-order chi connectivity index (χ0) is 22.9. The van der Waals surface area contributed by atoms with Crippen LogP contribution in [0, 0.1) is 5.92 Å². The summed E-state index contributed by atoms with van der Waals surface area (Å²) in [6.45, 7) is 1.39. The molecule has 3 rings (SSSR count). The second-order valence-electron chi connectivity index (χ2n) is 7.20. The molecule has 1 aliphatic carbocycles. The van der Waals surface area contributed by atoms with Crippen molar-refractivity contribution >= 4 is 46.4 Å². The van der Waals surface area contributed by atoms with Gasteiger partial charge in [-0.2, -0.15) is 13.2 Å². The van der Waals surface area contributed by atoms with E-state index in [9.17, 15) is 18.0 Å². The summed E-state index contributed by atoms with van der Waals surface area (Å²) in [7, 11) is 0. The van der Waals surface area contributed by atoms with Gasteiger partial charge in [-0.25, -0.2) is 5.48 Å². The van der Waals surface area contributed by atoms with E-state index in [4.69, 9.17) is 44.5 Å². The Morgan fingerprint density at radius 3 is 2.58 bits per heavy atom. The van der Waals surface area contributed by atoms with Crippen LogP contribution in [0.3, 0.4) is 0 Å². The lowest BCUT2D eigenvalue weighted by Gasteiger charge is -2.34. The fraction of sp³-hybridized carbons (Fsp3) is 0.400. The Morgan fingerprint density at radius 1 is 1.29 bits per heavy atom. The molecule has 0 bridgehead atoms. The van der Waals surface area contributed by atoms with Crippen molar-refractivity contribution in [2.45, 2.75) is 36.4 Å². The number of hydroxylamine groups is 1. The molecule has 0 saturated heterocycles. The summed E-state index contributed by atoms with van der Waals surface area (Å²) in [5.41, 5.74) is -0.838. The Balaban J connectivity index is 1.88. The van der Waals surface area contributed by atoms with Crippen LogP contribution in [0.1, 0.15) is 25.3 Å². The van der Waals surface area contributed by atoms with Gasteiger partial charge in [0.1, 0.15) is 4.87 Å². The largest absolute Gasteiger partial charge is 0.435 e. The van der Waals surface area contributed by atoms with Crippen molar-refractivity contribution in [3.63, 3.8) is 0 Å². The number of rotatable bonds is 6. The van der Waals surface area contributed by atoms with E-state index in [1.54, 1.807) is 24.3 Å². The maximum Gasteiger partial charge on any atom is 0.435 e. The fourth-order valence-corrected chi connectivity index (χ4v) is 4.39. The molecule has 31 heavy (non-hydrogen) atoms. The van der Waals surface area contributed by atoms with Crippen molar-refractivity contribution in [3.8, 4) is 0 Å². The summed E-state index contributed by atoms with van der Waals surface area (Å²) < 4.78 is 42.7. The highest BCUT2D eigenvalue weighted by Crippen LogP contribution is 2.52. The monoisotopic (exact) mass is 496 g/mol. The SMILES string of the molecule is CC(=O)NOCCC1C=CC=CC1(Cl)C1=NOC(c2cc(Cl)cc(Cl)c2)(C(F)(F)F)C1. The van der Waals surface area contributed by atoms with Gasteiger partial charge in [0.2, 0.25) is 5.91 Å². The van der Waals surface area contributed by atoms with E-state index in [2.05, 4.69) is 10.6 Å². The van der Waals surface area contributed by atoms with Gasteiger partial charge < -0.3 is 4.84 Å². The molecule has 1 amide bonds. The predicted molar refractivity (Wildman–Crippen MR) is 112 cm³/mol. The minimum absolute atomic E-state index is 0.00715. The molecule has 168 valence electrons. The van der Waals surface area contributed by atoms with Gasteiger partial charge in [0.15, 0.2) is 0 Å². The summed E-state index contributed by atoms with van der Waals surface area (Å²) in [5, 5.41) is 3.85. The van der Waals surface area contributed by atoms with E-state index in [0.717, 1.165) is 12.1 Å². The van der Waals surface area contributed by atoms with Crippen LogP contribution in [0.5, 0.6) is 0 Å². The number of hydrogen-bond acceptors (Lipinski definition) is 4. The second kappa shape index (κ2) is 9.02. The average molecular weight is 498 g/mol. The van der Waals surface area contributed by atoms with E-state index in [1.807, 2.05) is 0 Å². The van der Waals surface area contributed by atoms with Gasteiger partial charge in [-0.15, -0.1) is 11.6 Å². The first-order valence-corrected chi connectivity index (χ1v) is 10.3. The summed E-state index contributed by atoms with van der Waals surface area (Å²) in [5.74, 6) is -0.831. The number of carbonyl (C=O) groups is 1. The van der Waals surface area contributed by atoms with Crippen LogP contribution in [-0.2, 0) is 20.1 Å². The number of carbonyl (C=O) groups excluding carboxylic acids is 1. The van der Waals surface area contributed by atoms with Crippen molar-refractivity contribution in [1.82, 2.24) is 5.48 Å². The number of oxime groups is 1. The van der Waals surface area contributed by atoms with E-state index >= 15 is 0 Å². The van der Waals surface area contributed by atoms with E-state index in [-0.39, 0.29) is 33.8 Å². The molecule has 1 aromatic carbocycles. The Labute approximate surface area is 191 Å². The number of amides is 1. The topological polar surface area (TPSA) is 59.9 Å². The van der Waals surface area contributed by atoms with E-state index < -0.39 is 29.0 Å². The number of hydrogen-bond donors (Lipinski definition) is 1. The lowest BCUT2D eigenvalue weighted by molar-refractivity contribution is -0.275. The standard InChI is InChI=1S/C20H18Cl3F3N2O3/c1-12(29)27-30-7-5-13-4-2-3-6-18(13,23)17-11-19(31-28-17,20(24,25)26)14-8-15(21)10-16(22)9-14/h2-4,6,8-10,13H,5,7,11H2,1H3,(H,27,29). The Bertz CT molecular complexity index is 931. The molecule has 1 heterocycles. The van der Waals surface area contributed by atoms with Crippen LogP contribution in [0.2, 0.25) is 10.0 Å². The highest BCUT2D eigenvalue weighted by molar-refractivity contribution is 6.38. The van der Waals surface area contributed by atoms with E-state index in [1.165, 1.54) is 13.0 Å². The molecule has 0 fully saturated rings. The Morgan fingerprint density at radius 2 is 1.97 bits per heavy atom. The van der Waals surface area contributed by atoms with Crippen LogP contribution in [0.4, 0.5) is 13.2 Å². The average Bonchev–Trinajstić information content (AvgIpc) is 3.13. The van der Waals surface area contributed by atoms with Crippen LogP contribution in [0.25, 0.3) is 0 Å². The Kier molecular flexibility index (Phi) is 6.96. The number of benzene rings is 1. The van der Waals surface area contributed by atoms with Gasteiger partial charge in [0.05, 0.1) is 12.3 Å². The highest BCUT2D eigenvalue weighted by atomic mass is 35.5. The number of allylic oxidation sites excluding steroid dienone is 4. The van der Waals surface area contributed by atoms with Gasteiger partial charge >= 0.3 is 6.18 Å². The lowest BCUT2D eigenvalue weighted by Crippen LogP contribution is -2.46. The van der Waals surface area contributed by atoms with Crippen LogP contribution < -0.4 is 5.48 Å². The molecule has 0 aromatic heterocycles. The molecule has 1 N–H and O–H groups in total. The predicted octanol–water partition coefficient (Wildman–Crippen LogP) is 5.70. The summed E-state index contributed by atoms with van der Waals surface area (Å²) in [6, 6.07) is 3.63. The fourth-order valence-electron chi connectivity index (χ4n) is 3.51. The second-order valence-corrected chi connectivity index (χ2v) is 8.70. The van der Waals surface area contributed by atoms with E-state index in [0.29, 0.717) is 6.42 Å². The van der Waals surface area contributed by atoms with Crippen molar-refractivity contribution in [1.29, 1.82) is 0 Å². The van der Waals surface area contributed by atoms with Gasteiger partial charge in [0.25, 0.3) is 5.60 Å². The molecule has 0 radical (unpaired) electrons. The first-order chi connectivity index (χ1) is 14.5. The maximum atomic E-state index is 14.2. The molecule has 2 aliphatic rings. The zero-order valence-corrected chi connectivity index (χ0v) is 18.4. The Hall–Kier alpha value is -1.74. The highest BCUT2D eigenvalue weighted by Gasteiger charge is 2.64.